The van der Waals surface area contributed by atoms with Crippen LogP contribution in [0.1, 0.15) is 0 Å². The standard InChI is InChI=1S/C3H4O6.Na/c4-1(5)3(8,9)2(6)7;/h8-9H,(H,4,5)(H,6,7);. The molecule has 0 spiro atoms. The molecule has 1 radical (unpaired) electrons. The van der Waals surface area contributed by atoms with Gasteiger partial charge in [0.2, 0.25) is 0 Å². The third-order valence-corrected chi connectivity index (χ3v) is 0.596. The second kappa shape index (κ2) is 3.89. The van der Waals surface area contributed by atoms with Gasteiger partial charge in [-0.1, -0.05) is 0 Å². The molecule has 0 rings (SSSR count). The van der Waals surface area contributed by atoms with E-state index in [0.29, 0.717) is 0 Å². The summed E-state index contributed by atoms with van der Waals surface area (Å²) in [7, 11) is 0. The van der Waals surface area contributed by atoms with Crippen molar-refractivity contribution in [2.75, 3.05) is 0 Å². The number of carboxylic acids is 2. The molecule has 0 heterocycles. The largest absolute Gasteiger partial charge is 0.477 e. The first-order chi connectivity index (χ1) is 3.89. The molecule has 0 bridgehead atoms. The van der Waals surface area contributed by atoms with Gasteiger partial charge in [0, 0.05) is 29.6 Å². The molecule has 0 saturated carbocycles. The van der Waals surface area contributed by atoms with Crippen LogP contribution in [-0.2, 0) is 9.59 Å². The number of carboxylic acid groups (broad SMARTS) is 2. The molecule has 0 atom stereocenters. The minimum absolute atomic E-state index is 0. The quantitative estimate of drug-likeness (QED) is 0.200. The second-order valence-electron chi connectivity index (χ2n) is 1.28. The topological polar surface area (TPSA) is 115 Å². The van der Waals surface area contributed by atoms with Crippen LogP contribution in [0.25, 0.3) is 0 Å². The number of carbonyl (C=O) groups is 2. The molecule has 53 valence electrons. The summed E-state index contributed by atoms with van der Waals surface area (Å²) in [6.45, 7) is 0. The van der Waals surface area contributed by atoms with Crippen molar-refractivity contribution in [3.8, 4) is 0 Å². The Morgan fingerprint density at radius 1 is 1.00 bits per heavy atom. The van der Waals surface area contributed by atoms with Crippen LogP contribution in [0.2, 0.25) is 0 Å². The summed E-state index contributed by atoms with van der Waals surface area (Å²) in [5, 5.41) is 31.5. The van der Waals surface area contributed by atoms with Crippen LogP contribution in [0, 0.1) is 0 Å². The van der Waals surface area contributed by atoms with Gasteiger partial charge in [-0.15, -0.1) is 0 Å². The molecule has 6 nitrogen and oxygen atoms in total. The van der Waals surface area contributed by atoms with E-state index in [1.54, 1.807) is 0 Å². The van der Waals surface area contributed by atoms with Gasteiger partial charge in [0.25, 0.3) is 0 Å². The number of aliphatic carboxylic acids is 2. The molecule has 10 heavy (non-hydrogen) atoms. The Morgan fingerprint density at radius 2 is 1.20 bits per heavy atom. The Balaban J connectivity index is 0. The van der Waals surface area contributed by atoms with Gasteiger partial charge in [-0.3, -0.25) is 0 Å². The SMILES string of the molecule is O=C(O)C(O)(O)C(=O)O.[Na]. The van der Waals surface area contributed by atoms with Gasteiger partial charge in [-0.2, -0.15) is 0 Å². The summed E-state index contributed by atoms with van der Waals surface area (Å²) in [5.74, 6) is -8.09. The molecular weight excluding hydrogens is 155 g/mol. The summed E-state index contributed by atoms with van der Waals surface area (Å²) in [5.41, 5.74) is 0. The van der Waals surface area contributed by atoms with Crippen molar-refractivity contribution in [3.05, 3.63) is 0 Å². The maximum atomic E-state index is 9.58. The Bertz CT molecular complexity index is 135. The molecule has 0 aliphatic heterocycles. The molecule has 0 saturated heterocycles. The number of hydrogen-bond donors (Lipinski definition) is 4. The van der Waals surface area contributed by atoms with Gasteiger partial charge in [-0.25, -0.2) is 9.59 Å². The zero-order valence-electron chi connectivity index (χ0n) is 5.11. The monoisotopic (exact) mass is 159 g/mol. The van der Waals surface area contributed by atoms with E-state index in [-0.39, 0.29) is 29.6 Å². The fourth-order valence-electron chi connectivity index (χ4n) is 0.0915. The number of rotatable bonds is 2. The van der Waals surface area contributed by atoms with Crippen LogP contribution in [0.4, 0.5) is 0 Å². The molecular formula is C3H4NaO6. The smallest absolute Gasteiger partial charge is 0.376 e. The predicted molar refractivity (Wildman–Crippen MR) is 28.2 cm³/mol. The zero-order valence-corrected chi connectivity index (χ0v) is 7.11. The van der Waals surface area contributed by atoms with Crippen molar-refractivity contribution in [2.45, 2.75) is 5.79 Å². The van der Waals surface area contributed by atoms with E-state index in [1.807, 2.05) is 0 Å². The van der Waals surface area contributed by atoms with Gasteiger partial charge in [0.1, 0.15) is 0 Å². The first kappa shape index (κ1) is 12.5. The minimum Gasteiger partial charge on any atom is -0.477 e. The Hall–Kier alpha value is -0.140. The van der Waals surface area contributed by atoms with Gasteiger partial charge in [0.05, 0.1) is 0 Å². The van der Waals surface area contributed by atoms with Crippen molar-refractivity contribution < 1.29 is 30.0 Å². The fraction of sp³-hybridized carbons (Fsp3) is 0.333. The Labute approximate surface area is 77.4 Å². The van der Waals surface area contributed by atoms with E-state index in [4.69, 9.17) is 20.4 Å². The zero-order chi connectivity index (χ0) is 7.65. The van der Waals surface area contributed by atoms with Gasteiger partial charge < -0.3 is 20.4 Å². The Kier molecular flexibility index (Phi) is 4.88. The van der Waals surface area contributed by atoms with Crippen molar-refractivity contribution in [1.29, 1.82) is 0 Å². The molecule has 0 aromatic carbocycles. The molecule has 7 heteroatoms. The molecule has 0 unspecified atom stereocenters. The Morgan fingerprint density at radius 3 is 1.20 bits per heavy atom. The summed E-state index contributed by atoms with van der Waals surface area (Å²) in [6.07, 6.45) is 0. The van der Waals surface area contributed by atoms with Crippen LogP contribution in [0.5, 0.6) is 0 Å². The van der Waals surface area contributed by atoms with E-state index in [0.717, 1.165) is 0 Å². The second-order valence-corrected chi connectivity index (χ2v) is 1.28. The maximum Gasteiger partial charge on any atom is 0.376 e. The fourth-order valence-corrected chi connectivity index (χ4v) is 0.0915. The van der Waals surface area contributed by atoms with Crippen LogP contribution in [0.3, 0.4) is 0 Å². The maximum absolute atomic E-state index is 9.58. The normalized spacial score (nSPS) is 9.80. The molecule has 0 aliphatic rings. The number of hydrogen-bond acceptors (Lipinski definition) is 4. The molecule has 4 N–H and O–H groups in total. The van der Waals surface area contributed by atoms with Crippen LogP contribution >= 0.6 is 0 Å². The van der Waals surface area contributed by atoms with Crippen molar-refractivity contribution in [1.82, 2.24) is 0 Å². The first-order valence-corrected chi connectivity index (χ1v) is 1.80. The summed E-state index contributed by atoms with van der Waals surface area (Å²) in [4.78, 5) is 19.2. The van der Waals surface area contributed by atoms with Crippen molar-refractivity contribution >= 4 is 41.5 Å². The van der Waals surface area contributed by atoms with E-state index in [2.05, 4.69) is 0 Å². The molecule has 0 aromatic rings. The van der Waals surface area contributed by atoms with Gasteiger partial charge >= 0.3 is 17.7 Å². The van der Waals surface area contributed by atoms with Crippen molar-refractivity contribution in [2.24, 2.45) is 0 Å². The summed E-state index contributed by atoms with van der Waals surface area (Å²) in [6, 6.07) is 0. The van der Waals surface area contributed by atoms with Gasteiger partial charge in [-0.05, 0) is 0 Å². The molecule has 0 aliphatic carbocycles. The van der Waals surface area contributed by atoms with E-state index < -0.39 is 17.7 Å². The van der Waals surface area contributed by atoms with E-state index in [9.17, 15) is 9.59 Å². The number of aliphatic hydroxyl groups is 2. The molecule has 0 amide bonds. The first-order valence-electron chi connectivity index (χ1n) is 1.80. The van der Waals surface area contributed by atoms with Crippen LogP contribution in [-0.4, -0.2) is 67.7 Å². The minimum atomic E-state index is -3.67. The molecule has 0 aromatic heterocycles. The summed E-state index contributed by atoms with van der Waals surface area (Å²) < 4.78 is 0. The van der Waals surface area contributed by atoms with Crippen molar-refractivity contribution in [3.63, 3.8) is 0 Å². The van der Waals surface area contributed by atoms with Crippen LogP contribution in [0.15, 0.2) is 0 Å². The van der Waals surface area contributed by atoms with E-state index >= 15 is 0 Å². The van der Waals surface area contributed by atoms with E-state index in [1.165, 1.54) is 0 Å². The van der Waals surface area contributed by atoms with Gasteiger partial charge in [0.15, 0.2) is 0 Å². The average Bonchev–Trinajstić information content (AvgIpc) is 1.65. The third kappa shape index (κ3) is 2.63. The average molecular weight is 159 g/mol. The van der Waals surface area contributed by atoms with Crippen LogP contribution < -0.4 is 0 Å². The summed E-state index contributed by atoms with van der Waals surface area (Å²) >= 11 is 0. The molecule has 0 fully saturated rings. The third-order valence-electron chi connectivity index (χ3n) is 0.596. The predicted octanol–water partition coefficient (Wildman–Crippen LogP) is -2.54.